The van der Waals surface area contributed by atoms with E-state index >= 15 is 0 Å². The van der Waals surface area contributed by atoms with E-state index in [9.17, 15) is 14.4 Å². The number of aromatic nitrogens is 3. The van der Waals surface area contributed by atoms with Gasteiger partial charge < -0.3 is 10.3 Å². The van der Waals surface area contributed by atoms with Gasteiger partial charge in [0.15, 0.2) is 5.78 Å². The van der Waals surface area contributed by atoms with Crippen LogP contribution in [-0.2, 0) is 19.9 Å². The summed E-state index contributed by atoms with van der Waals surface area (Å²) in [4.78, 5) is 39.7. The summed E-state index contributed by atoms with van der Waals surface area (Å²) in [5.74, 6) is -0.456. The van der Waals surface area contributed by atoms with Crippen LogP contribution < -0.4 is 10.9 Å². The molecule has 0 aliphatic heterocycles. The molecule has 0 unspecified atom stereocenters. The van der Waals surface area contributed by atoms with E-state index in [4.69, 9.17) is 0 Å². The van der Waals surface area contributed by atoms with Crippen LogP contribution in [0.3, 0.4) is 0 Å². The first-order valence-corrected chi connectivity index (χ1v) is 8.65. The lowest BCUT2D eigenvalue weighted by atomic mass is 9.92. The molecule has 2 aliphatic rings. The minimum Gasteiger partial charge on any atom is -0.345 e. The predicted octanol–water partition coefficient (Wildman–Crippen LogP) is 1.43. The van der Waals surface area contributed by atoms with Crippen molar-refractivity contribution in [3.05, 3.63) is 50.7 Å². The molecule has 0 aromatic carbocycles. The summed E-state index contributed by atoms with van der Waals surface area (Å²) in [7, 11) is 1.89. The van der Waals surface area contributed by atoms with Crippen molar-refractivity contribution in [2.75, 3.05) is 0 Å². The molecule has 1 atom stereocenters. The summed E-state index contributed by atoms with van der Waals surface area (Å²) >= 11 is 0. The van der Waals surface area contributed by atoms with Crippen LogP contribution in [0.4, 0.5) is 0 Å². The lowest BCUT2D eigenvalue weighted by Gasteiger charge is -2.24. The Balaban J connectivity index is 1.63. The van der Waals surface area contributed by atoms with Crippen molar-refractivity contribution in [3.63, 3.8) is 0 Å². The number of nitrogens with zero attached hydrogens (tertiary/aromatic N) is 2. The minimum atomic E-state index is -0.441. The van der Waals surface area contributed by atoms with E-state index in [2.05, 4.69) is 15.4 Å². The summed E-state index contributed by atoms with van der Waals surface area (Å²) in [6, 6.07) is 1.30. The molecular weight excluding hydrogens is 320 g/mol. The topological polar surface area (TPSA) is 96.8 Å². The average molecular weight is 340 g/mol. The number of H-pyrrole nitrogens is 1. The number of hydrogen-bond acceptors (Lipinski definition) is 4. The second kappa shape index (κ2) is 5.98. The smallest absolute Gasteiger partial charge is 0.261 e. The van der Waals surface area contributed by atoms with Gasteiger partial charge in [-0.25, -0.2) is 0 Å². The molecule has 0 radical (unpaired) electrons. The van der Waals surface area contributed by atoms with Gasteiger partial charge in [0.05, 0.1) is 12.2 Å². The van der Waals surface area contributed by atoms with E-state index in [1.54, 1.807) is 6.20 Å². The third-order valence-corrected chi connectivity index (χ3v) is 5.18. The van der Waals surface area contributed by atoms with E-state index in [0.29, 0.717) is 24.1 Å². The minimum absolute atomic E-state index is 0.00464. The molecule has 0 spiro atoms. The highest BCUT2D eigenvalue weighted by molar-refractivity contribution is 6.01. The molecule has 130 valence electrons. The molecule has 2 aromatic heterocycles. The van der Waals surface area contributed by atoms with Crippen molar-refractivity contribution < 1.29 is 9.59 Å². The second-order valence-corrected chi connectivity index (χ2v) is 6.77. The third-order valence-electron chi connectivity index (χ3n) is 5.18. The fourth-order valence-corrected chi connectivity index (χ4v) is 3.84. The molecule has 25 heavy (non-hydrogen) atoms. The Labute approximate surface area is 144 Å². The van der Waals surface area contributed by atoms with Gasteiger partial charge in [0, 0.05) is 36.0 Å². The molecule has 0 fully saturated rings. The van der Waals surface area contributed by atoms with Gasteiger partial charge in [-0.15, -0.1) is 0 Å². The first kappa shape index (κ1) is 15.8. The monoisotopic (exact) mass is 340 g/mol. The molecule has 0 bridgehead atoms. The standard InChI is InChI=1S/C18H20N4O3/c1-22-15-6-2-4-14(12(15)9-19-22)21-18(25)11-8-10-13(20-17(11)24)5-3-7-16(10)23/h8-9,14H,2-7H2,1H3,(H,20,24)(H,21,25)/t14-/m0/s1. The zero-order valence-corrected chi connectivity index (χ0v) is 14.1. The number of hydrogen-bond donors (Lipinski definition) is 2. The van der Waals surface area contributed by atoms with E-state index in [-0.39, 0.29) is 17.4 Å². The highest BCUT2D eigenvalue weighted by atomic mass is 16.2. The maximum absolute atomic E-state index is 12.7. The van der Waals surface area contributed by atoms with Crippen LogP contribution in [0, 0.1) is 0 Å². The van der Waals surface area contributed by atoms with Crippen LogP contribution in [0.1, 0.15) is 69.4 Å². The summed E-state index contributed by atoms with van der Waals surface area (Å²) in [5, 5.41) is 7.21. The van der Waals surface area contributed by atoms with E-state index in [1.165, 1.54) is 6.07 Å². The summed E-state index contributed by atoms with van der Waals surface area (Å²) < 4.78 is 1.83. The van der Waals surface area contributed by atoms with Crippen LogP contribution in [0.5, 0.6) is 0 Å². The van der Waals surface area contributed by atoms with Gasteiger partial charge in [-0.1, -0.05) is 0 Å². The summed E-state index contributed by atoms with van der Waals surface area (Å²) in [6.07, 6.45) is 6.34. The van der Waals surface area contributed by atoms with Gasteiger partial charge in [0.25, 0.3) is 11.5 Å². The normalized spacial score (nSPS) is 19.2. The van der Waals surface area contributed by atoms with Gasteiger partial charge >= 0.3 is 0 Å². The number of aromatic amines is 1. The first-order valence-electron chi connectivity index (χ1n) is 8.65. The molecule has 2 aliphatic carbocycles. The van der Waals surface area contributed by atoms with Gasteiger partial charge in [0.2, 0.25) is 0 Å². The fourth-order valence-electron chi connectivity index (χ4n) is 3.84. The highest BCUT2D eigenvalue weighted by Gasteiger charge is 2.27. The number of ketones is 1. The molecule has 4 rings (SSSR count). The number of pyridine rings is 1. The Morgan fingerprint density at radius 2 is 2.12 bits per heavy atom. The molecular formula is C18H20N4O3. The Morgan fingerprint density at radius 1 is 1.28 bits per heavy atom. The molecule has 0 saturated heterocycles. The molecule has 7 nitrogen and oxygen atoms in total. The number of amides is 1. The van der Waals surface area contributed by atoms with Gasteiger partial charge in [0.1, 0.15) is 5.56 Å². The van der Waals surface area contributed by atoms with Crippen LogP contribution in [-0.4, -0.2) is 26.5 Å². The van der Waals surface area contributed by atoms with Gasteiger partial charge in [-0.3, -0.25) is 19.1 Å². The lowest BCUT2D eigenvalue weighted by Crippen LogP contribution is -2.35. The Morgan fingerprint density at radius 3 is 2.96 bits per heavy atom. The molecule has 2 aromatic rings. The third kappa shape index (κ3) is 2.69. The number of nitrogens with one attached hydrogen (secondary N) is 2. The Bertz CT molecular complexity index is 925. The number of carbonyl (C=O) groups excluding carboxylic acids is 2. The van der Waals surface area contributed by atoms with Crippen molar-refractivity contribution in [3.8, 4) is 0 Å². The molecule has 0 saturated carbocycles. The second-order valence-electron chi connectivity index (χ2n) is 6.77. The zero-order valence-electron chi connectivity index (χ0n) is 14.1. The SMILES string of the molecule is Cn1ncc2c1CCC[C@@H]2NC(=O)c1cc2c([nH]c1=O)CCCC2=O. The number of carbonyl (C=O) groups is 2. The number of Topliss-reactive ketones (excluding diaryl/α,β-unsaturated/α-hetero) is 1. The van der Waals surface area contributed by atoms with E-state index < -0.39 is 11.5 Å². The van der Waals surface area contributed by atoms with Gasteiger partial charge in [-0.05, 0) is 38.2 Å². The molecule has 2 heterocycles. The van der Waals surface area contributed by atoms with Gasteiger partial charge in [-0.2, -0.15) is 5.10 Å². The first-order chi connectivity index (χ1) is 12.0. The van der Waals surface area contributed by atoms with E-state index in [0.717, 1.165) is 36.9 Å². The summed E-state index contributed by atoms with van der Waals surface area (Å²) in [6.45, 7) is 0. The van der Waals surface area contributed by atoms with Crippen molar-refractivity contribution in [1.82, 2.24) is 20.1 Å². The zero-order chi connectivity index (χ0) is 17.6. The largest absolute Gasteiger partial charge is 0.345 e. The molecule has 2 N–H and O–H groups in total. The van der Waals surface area contributed by atoms with Crippen LogP contribution in [0.25, 0.3) is 0 Å². The number of rotatable bonds is 2. The van der Waals surface area contributed by atoms with Crippen LogP contribution in [0.15, 0.2) is 17.1 Å². The molecule has 1 amide bonds. The lowest BCUT2D eigenvalue weighted by molar-refractivity contribution is 0.0931. The van der Waals surface area contributed by atoms with Crippen molar-refractivity contribution in [2.24, 2.45) is 7.05 Å². The van der Waals surface area contributed by atoms with Crippen LogP contribution >= 0.6 is 0 Å². The van der Waals surface area contributed by atoms with Crippen molar-refractivity contribution in [2.45, 2.75) is 44.6 Å². The Hall–Kier alpha value is -2.70. The fraction of sp³-hybridized carbons (Fsp3) is 0.444. The van der Waals surface area contributed by atoms with Crippen LogP contribution in [0.2, 0.25) is 0 Å². The predicted molar refractivity (Wildman–Crippen MR) is 90.7 cm³/mol. The number of aryl methyl sites for hydroxylation is 2. The quantitative estimate of drug-likeness (QED) is 0.864. The van der Waals surface area contributed by atoms with E-state index in [1.807, 2.05) is 11.7 Å². The average Bonchev–Trinajstić information content (AvgIpc) is 2.97. The Kier molecular flexibility index (Phi) is 3.78. The highest BCUT2D eigenvalue weighted by Crippen LogP contribution is 2.29. The number of fused-ring (bicyclic) bond motifs is 2. The molecule has 7 heteroatoms. The maximum atomic E-state index is 12.7. The summed E-state index contributed by atoms with van der Waals surface area (Å²) in [5.41, 5.74) is 2.81. The van der Waals surface area contributed by atoms with Crippen molar-refractivity contribution in [1.29, 1.82) is 0 Å². The van der Waals surface area contributed by atoms with Crippen molar-refractivity contribution >= 4 is 11.7 Å². The maximum Gasteiger partial charge on any atom is 0.261 e.